The van der Waals surface area contributed by atoms with Crippen LogP contribution in [0, 0.1) is 0 Å². The molecule has 0 spiro atoms. The molecule has 0 saturated carbocycles. The van der Waals surface area contributed by atoms with Crippen LogP contribution in [0.25, 0.3) is 0 Å². The maximum atomic E-state index is 12.3. The van der Waals surface area contributed by atoms with E-state index in [9.17, 15) is 14.4 Å². The van der Waals surface area contributed by atoms with Gasteiger partial charge in [0.25, 0.3) is 0 Å². The van der Waals surface area contributed by atoms with Crippen LogP contribution in [0.1, 0.15) is 162 Å². The van der Waals surface area contributed by atoms with Gasteiger partial charge in [-0.15, -0.1) is 0 Å². The van der Waals surface area contributed by atoms with Crippen LogP contribution in [0.5, 0.6) is 0 Å². The highest BCUT2D eigenvalue weighted by atomic mass is 16.6. The number of hydrogen-bond acceptors (Lipinski definition) is 6. The zero-order valence-corrected chi connectivity index (χ0v) is 29.1. The van der Waals surface area contributed by atoms with Gasteiger partial charge in [-0.25, -0.2) is 0 Å². The molecule has 0 saturated heterocycles. The summed E-state index contributed by atoms with van der Waals surface area (Å²) in [5.41, 5.74) is 0. The van der Waals surface area contributed by atoms with Gasteiger partial charge in [-0.2, -0.15) is 0 Å². The first-order valence-electron chi connectivity index (χ1n) is 18.1. The Morgan fingerprint density at radius 1 is 0.511 bits per heavy atom. The van der Waals surface area contributed by atoms with Crippen LogP contribution in [0.2, 0.25) is 0 Å². The Bertz CT molecular complexity index is 825. The minimum absolute atomic E-state index is 0.0990. The molecule has 1 atom stereocenters. The standard InChI is InChI=1S/C39H66O6/c1-4-6-8-10-12-14-16-18-19-21-23-25-27-29-31-33-39(42)45-37(34-43-36(3)40)35-44-38(41)32-30-28-26-24-22-20-17-15-13-11-9-7-5-2/h6,8,12,14,18-19,23,25,37H,4-5,7,9-11,13,15-17,20-22,24,26-35H2,1-3H3/b8-6-,14-12-,19-18-,25-23-. The molecule has 258 valence electrons. The quantitative estimate of drug-likeness (QED) is 0.0328. The van der Waals surface area contributed by atoms with Crippen LogP contribution in [0.15, 0.2) is 48.6 Å². The molecule has 0 aliphatic rings. The second-order valence-electron chi connectivity index (χ2n) is 11.8. The maximum absolute atomic E-state index is 12.3. The molecule has 0 radical (unpaired) electrons. The molecule has 0 heterocycles. The van der Waals surface area contributed by atoms with Crippen molar-refractivity contribution in [2.75, 3.05) is 13.2 Å². The molecule has 0 aromatic rings. The van der Waals surface area contributed by atoms with E-state index < -0.39 is 12.1 Å². The lowest BCUT2D eigenvalue weighted by molar-refractivity contribution is -0.166. The van der Waals surface area contributed by atoms with Crippen molar-refractivity contribution in [2.45, 2.75) is 168 Å². The van der Waals surface area contributed by atoms with Gasteiger partial charge in [-0.3, -0.25) is 14.4 Å². The average Bonchev–Trinajstić information content (AvgIpc) is 3.02. The largest absolute Gasteiger partial charge is 0.462 e. The molecule has 0 bridgehead atoms. The van der Waals surface area contributed by atoms with E-state index in [1.807, 2.05) is 0 Å². The van der Waals surface area contributed by atoms with Crippen LogP contribution in [0.4, 0.5) is 0 Å². The van der Waals surface area contributed by atoms with E-state index in [4.69, 9.17) is 14.2 Å². The first-order valence-corrected chi connectivity index (χ1v) is 18.1. The van der Waals surface area contributed by atoms with Gasteiger partial charge in [0, 0.05) is 19.8 Å². The molecule has 0 N–H and O–H groups in total. The van der Waals surface area contributed by atoms with Crippen molar-refractivity contribution in [3.8, 4) is 0 Å². The van der Waals surface area contributed by atoms with Crippen LogP contribution in [-0.2, 0) is 28.6 Å². The monoisotopic (exact) mass is 630 g/mol. The highest BCUT2D eigenvalue weighted by molar-refractivity contribution is 5.70. The normalized spacial score (nSPS) is 12.5. The fourth-order valence-electron chi connectivity index (χ4n) is 4.75. The topological polar surface area (TPSA) is 78.9 Å². The summed E-state index contributed by atoms with van der Waals surface area (Å²) in [7, 11) is 0. The van der Waals surface area contributed by atoms with E-state index in [0.29, 0.717) is 12.8 Å². The fourth-order valence-corrected chi connectivity index (χ4v) is 4.75. The summed E-state index contributed by atoms with van der Waals surface area (Å²) in [6.07, 6.45) is 39.8. The Morgan fingerprint density at radius 2 is 0.956 bits per heavy atom. The Labute approximate surface area is 276 Å². The maximum Gasteiger partial charge on any atom is 0.306 e. The van der Waals surface area contributed by atoms with Crippen molar-refractivity contribution in [1.29, 1.82) is 0 Å². The van der Waals surface area contributed by atoms with Crippen molar-refractivity contribution < 1.29 is 28.6 Å². The predicted molar refractivity (Wildman–Crippen MR) is 187 cm³/mol. The number of esters is 3. The van der Waals surface area contributed by atoms with Gasteiger partial charge in [-0.05, 0) is 51.4 Å². The molecule has 0 amide bonds. The predicted octanol–water partition coefficient (Wildman–Crippen LogP) is 10.9. The van der Waals surface area contributed by atoms with Crippen molar-refractivity contribution in [1.82, 2.24) is 0 Å². The smallest absolute Gasteiger partial charge is 0.306 e. The Hall–Kier alpha value is -2.63. The molecule has 1 unspecified atom stereocenters. The molecule has 0 aliphatic carbocycles. The van der Waals surface area contributed by atoms with E-state index in [1.54, 1.807) is 0 Å². The summed E-state index contributed by atoms with van der Waals surface area (Å²) < 4.78 is 15.8. The summed E-state index contributed by atoms with van der Waals surface area (Å²) in [5.74, 6) is -1.14. The van der Waals surface area contributed by atoms with Crippen molar-refractivity contribution in [2.24, 2.45) is 0 Å². The van der Waals surface area contributed by atoms with E-state index in [0.717, 1.165) is 57.8 Å². The third-order valence-electron chi connectivity index (χ3n) is 7.41. The third kappa shape index (κ3) is 34.1. The Kier molecular flexibility index (Phi) is 32.2. The van der Waals surface area contributed by atoms with Gasteiger partial charge < -0.3 is 14.2 Å². The van der Waals surface area contributed by atoms with E-state index in [2.05, 4.69) is 62.5 Å². The zero-order valence-electron chi connectivity index (χ0n) is 29.1. The molecule has 0 aliphatic heterocycles. The van der Waals surface area contributed by atoms with E-state index in [-0.39, 0.29) is 31.6 Å². The van der Waals surface area contributed by atoms with Gasteiger partial charge >= 0.3 is 17.9 Å². The minimum atomic E-state index is -0.786. The van der Waals surface area contributed by atoms with Gasteiger partial charge in [-0.1, -0.05) is 140 Å². The second-order valence-corrected chi connectivity index (χ2v) is 11.8. The van der Waals surface area contributed by atoms with Crippen molar-refractivity contribution in [3.05, 3.63) is 48.6 Å². The zero-order chi connectivity index (χ0) is 33.1. The number of ether oxygens (including phenoxy) is 3. The van der Waals surface area contributed by atoms with E-state index in [1.165, 1.54) is 71.1 Å². The highest BCUT2D eigenvalue weighted by Crippen LogP contribution is 2.13. The number of rotatable bonds is 31. The van der Waals surface area contributed by atoms with E-state index >= 15 is 0 Å². The lowest BCUT2D eigenvalue weighted by atomic mass is 10.0. The summed E-state index contributed by atoms with van der Waals surface area (Å²) in [6, 6.07) is 0. The first-order chi connectivity index (χ1) is 22.0. The van der Waals surface area contributed by atoms with Crippen LogP contribution in [0.3, 0.4) is 0 Å². The fraction of sp³-hybridized carbons (Fsp3) is 0.718. The average molecular weight is 631 g/mol. The minimum Gasteiger partial charge on any atom is -0.462 e. The summed E-state index contributed by atoms with van der Waals surface area (Å²) in [4.78, 5) is 35.8. The number of hydrogen-bond donors (Lipinski definition) is 0. The van der Waals surface area contributed by atoms with Crippen LogP contribution < -0.4 is 0 Å². The first kappa shape index (κ1) is 42.4. The second kappa shape index (κ2) is 34.2. The van der Waals surface area contributed by atoms with Gasteiger partial charge in [0.05, 0.1) is 0 Å². The number of carbonyl (C=O) groups excluding carboxylic acids is 3. The molecular weight excluding hydrogens is 564 g/mol. The molecule has 0 rings (SSSR count). The summed E-state index contributed by atoms with van der Waals surface area (Å²) >= 11 is 0. The lowest BCUT2D eigenvalue weighted by Gasteiger charge is -2.17. The van der Waals surface area contributed by atoms with Crippen LogP contribution >= 0.6 is 0 Å². The molecule has 0 aromatic carbocycles. The Balaban J connectivity index is 3.97. The summed E-state index contributed by atoms with van der Waals surface area (Å²) in [5, 5.41) is 0. The third-order valence-corrected chi connectivity index (χ3v) is 7.41. The molecule has 6 heteroatoms. The lowest BCUT2D eigenvalue weighted by Crippen LogP contribution is -2.30. The number of carbonyl (C=O) groups is 3. The van der Waals surface area contributed by atoms with Gasteiger partial charge in [0.1, 0.15) is 13.2 Å². The molecule has 45 heavy (non-hydrogen) atoms. The molecule has 0 aromatic heterocycles. The summed E-state index contributed by atoms with van der Waals surface area (Å²) in [6.45, 7) is 5.48. The highest BCUT2D eigenvalue weighted by Gasteiger charge is 2.18. The SMILES string of the molecule is CC/C=C\C/C=C\C/C=C\C/C=C\CCCCC(=O)OC(COC(C)=O)COC(=O)CCCCCCCCCCCCCCC. The van der Waals surface area contributed by atoms with Crippen molar-refractivity contribution in [3.63, 3.8) is 0 Å². The van der Waals surface area contributed by atoms with Crippen LogP contribution in [-0.4, -0.2) is 37.2 Å². The molecule has 0 fully saturated rings. The Morgan fingerprint density at radius 3 is 1.49 bits per heavy atom. The van der Waals surface area contributed by atoms with Gasteiger partial charge in [0.2, 0.25) is 0 Å². The number of unbranched alkanes of at least 4 members (excludes halogenated alkanes) is 14. The van der Waals surface area contributed by atoms with Gasteiger partial charge in [0.15, 0.2) is 6.10 Å². The number of allylic oxidation sites excluding steroid dienone is 8. The van der Waals surface area contributed by atoms with Crippen molar-refractivity contribution >= 4 is 17.9 Å². The molecular formula is C39H66O6. The molecule has 6 nitrogen and oxygen atoms in total.